The van der Waals surface area contributed by atoms with Crippen LogP contribution in [0.5, 0.6) is 11.6 Å². The maximum Gasteiger partial charge on any atom is 0.573 e. The Morgan fingerprint density at radius 1 is 1.12 bits per heavy atom. The Bertz CT molecular complexity index is 965. The lowest BCUT2D eigenvalue weighted by atomic mass is 9.53. The van der Waals surface area contributed by atoms with E-state index >= 15 is 0 Å². The van der Waals surface area contributed by atoms with Crippen LogP contribution in [0.2, 0.25) is 0 Å². The molecule has 0 unspecified atom stereocenters. The highest BCUT2D eigenvalue weighted by molar-refractivity contribution is 5.96. The summed E-state index contributed by atoms with van der Waals surface area (Å²) in [5.41, 5.74) is 0.904. The van der Waals surface area contributed by atoms with Crippen LogP contribution in [0.25, 0.3) is 0 Å². The smallest absolute Gasteiger partial charge is 0.472 e. The normalized spacial score (nSPS) is 28.6. The molecule has 2 aromatic rings. The molecule has 6 nitrogen and oxygen atoms in total. The van der Waals surface area contributed by atoms with Crippen molar-refractivity contribution in [2.24, 2.45) is 24.8 Å². The van der Waals surface area contributed by atoms with E-state index in [9.17, 15) is 18.0 Å². The van der Waals surface area contributed by atoms with E-state index in [2.05, 4.69) is 15.2 Å². The van der Waals surface area contributed by atoms with Gasteiger partial charge in [-0.2, -0.15) is 5.10 Å². The number of halogens is 3. The lowest BCUT2D eigenvalue weighted by Crippen LogP contribution is -2.59. The van der Waals surface area contributed by atoms with Crippen molar-refractivity contribution in [1.82, 2.24) is 15.1 Å². The van der Waals surface area contributed by atoms with Gasteiger partial charge in [0.05, 0.1) is 6.20 Å². The Labute approximate surface area is 184 Å². The summed E-state index contributed by atoms with van der Waals surface area (Å²) in [6.07, 6.45) is 3.81. The van der Waals surface area contributed by atoms with Crippen LogP contribution in [0.15, 0.2) is 30.5 Å². The second kappa shape index (κ2) is 7.71. The molecule has 1 aromatic heterocycles. The van der Waals surface area contributed by atoms with Gasteiger partial charge >= 0.3 is 6.36 Å². The molecule has 1 heterocycles. The largest absolute Gasteiger partial charge is 0.573 e. The van der Waals surface area contributed by atoms with Gasteiger partial charge in [-0.3, -0.25) is 4.79 Å². The summed E-state index contributed by atoms with van der Waals surface area (Å²) < 4.78 is 48.2. The average molecular weight is 449 g/mol. The van der Waals surface area contributed by atoms with E-state index < -0.39 is 6.36 Å². The van der Waals surface area contributed by atoms with Crippen LogP contribution in [0.3, 0.4) is 0 Å². The predicted octanol–water partition coefficient (Wildman–Crippen LogP) is 4.60. The zero-order valence-corrected chi connectivity index (χ0v) is 17.8. The zero-order chi connectivity index (χ0) is 22.5. The molecule has 0 radical (unpaired) electrons. The van der Waals surface area contributed by atoms with Gasteiger partial charge in [0, 0.05) is 12.6 Å². The Morgan fingerprint density at radius 2 is 1.72 bits per heavy atom. The van der Waals surface area contributed by atoms with Crippen LogP contribution in [-0.2, 0) is 13.7 Å². The molecule has 1 N–H and O–H groups in total. The van der Waals surface area contributed by atoms with Crippen LogP contribution < -0.4 is 14.8 Å². The number of hydrogen-bond donors (Lipinski definition) is 1. The van der Waals surface area contributed by atoms with E-state index in [1.54, 1.807) is 7.05 Å². The molecular formula is C23H26F3N3O3. The number of aromatic nitrogens is 2. The number of amides is 1. The van der Waals surface area contributed by atoms with Crippen LogP contribution in [0, 0.1) is 17.8 Å². The number of carbonyl (C=O) groups excluding carboxylic acids is 1. The van der Waals surface area contributed by atoms with Gasteiger partial charge in [-0.05, 0) is 74.0 Å². The average Bonchev–Trinajstić information content (AvgIpc) is 3.05. The van der Waals surface area contributed by atoms with E-state index in [0.29, 0.717) is 17.0 Å². The highest BCUT2D eigenvalue weighted by Gasteiger charge is 2.51. The van der Waals surface area contributed by atoms with E-state index in [1.165, 1.54) is 54.4 Å². The highest BCUT2D eigenvalue weighted by atomic mass is 19.4. The number of aryl methyl sites for hydroxylation is 1. The highest BCUT2D eigenvalue weighted by Crippen LogP contribution is 2.55. The van der Waals surface area contributed by atoms with Crippen molar-refractivity contribution in [1.29, 1.82) is 0 Å². The first-order chi connectivity index (χ1) is 15.2. The maximum atomic E-state index is 13.2. The first-order valence-corrected chi connectivity index (χ1v) is 11.0. The number of nitrogens with one attached hydrogen (secondary N) is 1. The molecule has 1 aromatic carbocycles. The van der Waals surface area contributed by atoms with E-state index in [4.69, 9.17) is 4.74 Å². The van der Waals surface area contributed by atoms with E-state index in [1.807, 2.05) is 0 Å². The summed E-state index contributed by atoms with van der Waals surface area (Å²) in [5.74, 6) is 2.02. The molecule has 6 rings (SSSR count). The topological polar surface area (TPSA) is 65.4 Å². The fourth-order valence-electron chi connectivity index (χ4n) is 6.26. The summed E-state index contributed by atoms with van der Waals surface area (Å²) in [5, 5.41) is 7.51. The van der Waals surface area contributed by atoms with E-state index in [-0.39, 0.29) is 23.8 Å². The fraction of sp³-hybridized carbons (Fsp3) is 0.565. The van der Waals surface area contributed by atoms with E-state index in [0.717, 1.165) is 37.0 Å². The Morgan fingerprint density at radius 3 is 2.28 bits per heavy atom. The van der Waals surface area contributed by atoms with Crippen molar-refractivity contribution in [2.75, 3.05) is 0 Å². The predicted molar refractivity (Wildman–Crippen MR) is 109 cm³/mol. The van der Waals surface area contributed by atoms with Crippen molar-refractivity contribution in [3.8, 4) is 11.6 Å². The summed E-state index contributed by atoms with van der Waals surface area (Å²) in [7, 11) is 1.69. The van der Waals surface area contributed by atoms with Gasteiger partial charge in [0.25, 0.3) is 5.91 Å². The molecule has 4 aliphatic rings. The number of carbonyl (C=O) groups is 1. The van der Waals surface area contributed by atoms with Gasteiger partial charge in [-0.1, -0.05) is 12.1 Å². The lowest BCUT2D eigenvalue weighted by Gasteiger charge is -2.56. The first kappa shape index (κ1) is 21.2. The van der Waals surface area contributed by atoms with Gasteiger partial charge in [0.2, 0.25) is 5.88 Å². The summed E-state index contributed by atoms with van der Waals surface area (Å²) in [6, 6.07) is 5.45. The van der Waals surface area contributed by atoms with Crippen LogP contribution >= 0.6 is 0 Å². The molecule has 32 heavy (non-hydrogen) atoms. The SMILES string of the molecule is Cn1ncc(C(=O)NC23CC4CC(CC(C4)C2)C3)c1OCc1ccc(OC(F)(F)F)cc1. The number of alkyl halides is 3. The van der Waals surface area contributed by atoms with Gasteiger partial charge in [0.1, 0.15) is 17.9 Å². The molecule has 1 amide bonds. The van der Waals surface area contributed by atoms with Gasteiger partial charge in [-0.25, -0.2) is 4.68 Å². The zero-order valence-electron chi connectivity index (χ0n) is 17.8. The Hall–Kier alpha value is -2.71. The molecule has 4 fully saturated rings. The van der Waals surface area contributed by atoms with Crippen molar-refractivity contribution in [3.63, 3.8) is 0 Å². The van der Waals surface area contributed by atoms with Crippen LogP contribution in [-0.4, -0.2) is 27.6 Å². The monoisotopic (exact) mass is 449 g/mol. The summed E-state index contributed by atoms with van der Waals surface area (Å²) in [4.78, 5) is 13.2. The Kier molecular flexibility index (Phi) is 5.09. The van der Waals surface area contributed by atoms with Crippen molar-refractivity contribution < 1.29 is 27.4 Å². The van der Waals surface area contributed by atoms with Gasteiger partial charge in [0.15, 0.2) is 0 Å². The molecule has 172 valence electrons. The minimum atomic E-state index is -4.73. The lowest BCUT2D eigenvalue weighted by molar-refractivity contribution is -0.274. The first-order valence-electron chi connectivity index (χ1n) is 11.0. The van der Waals surface area contributed by atoms with Crippen LogP contribution in [0.4, 0.5) is 13.2 Å². The Balaban J connectivity index is 1.25. The standard InChI is InChI=1S/C23H26F3N3O3/c1-29-21(31-13-14-2-4-18(5-3-14)32-23(24,25)26)19(12-27-29)20(30)28-22-9-15-6-16(10-22)8-17(7-15)11-22/h2-5,12,15-17H,6-11,13H2,1H3,(H,28,30). The summed E-state index contributed by atoms with van der Waals surface area (Å²) >= 11 is 0. The molecule has 0 saturated heterocycles. The third-order valence-electron chi connectivity index (χ3n) is 7.08. The van der Waals surface area contributed by atoms with Crippen molar-refractivity contribution >= 4 is 5.91 Å². The molecule has 9 heteroatoms. The minimum Gasteiger partial charge on any atom is -0.472 e. The quantitative estimate of drug-likeness (QED) is 0.700. The van der Waals surface area contributed by atoms with Crippen molar-refractivity contribution in [2.45, 2.75) is 57.0 Å². The van der Waals surface area contributed by atoms with Crippen LogP contribution in [0.1, 0.15) is 54.4 Å². The number of benzene rings is 1. The number of ether oxygens (including phenoxy) is 2. The fourth-order valence-corrected chi connectivity index (χ4v) is 6.26. The molecule has 0 aliphatic heterocycles. The van der Waals surface area contributed by atoms with Gasteiger partial charge in [-0.15, -0.1) is 13.2 Å². The summed E-state index contributed by atoms with van der Waals surface area (Å²) in [6.45, 7) is 0.0868. The molecular weight excluding hydrogens is 423 g/mol. The molecule has 0 spiro atoms. The molecule has 4 saturated carbocycles. The second-order valence-electron chi connectivity index (χ2n) is 9.62. The number of nitrogens with zero attached hydrogens (tertiary/aromatic N) is 2. The number of hydrogen-bond acceptors (Lipinski definition) is 4. The van der Waals surface area contributed by atoms with Gasteiger partial charge < -0.3 is 14.8 Å². The molecule has 4 bridgehead atoms. The van der Waals surface area contributed by atoms with Crippen molar-refractivity contribution in [3.05, 3.63) is 41.6 Å². The maximum absolute atomic E-state index is 13.2. The third kappa shape index (κ3) is 4.29. The number of rotatable bonds is 6. The molecule has 4 aliphatic carbocycles. The minimum absolute atomic E-state index is 0.0868. The molecule has 0 atom stereocenters. The second-order valence-corrected chi connectivity index (χ2v) is 9.62. The third-order valence-corrected chi connectivity index (χ3v) is 7.08.